The van der Waals surface area contributed by atoms with Crippen LogP contribution < -0.4 is 11.1 Å². The quantitative estimate of drug-likeness (QED) is 0.175. The van der Waals surface area contributed by atoms with E-state index in [2.05, 4.69) is 10.3 Å². The van der Waals surface area contributed by atoms with Crippen LogP contribution in [-0.2, 0) is 20.8 Å². The maximum Gasteiger partial charge on any atom is 0.241 e. The predicted molar refractivity (Wildman–Crippen MR) is 185 cm³/mol. The molecule has 12 heteroatoms. The van der Waals surface area contributed by atoms with Crippen LogP contribution in [0.3, 0.4) is 0 Å². The number of nitrogens with two attached hydrogens (primary N) is 1. The van der Waals surface area contributed by atoms with Gasteiger partial charge in [0.15, 0.2) is 5.13 Å². The van der Waals surface area contributed by atoms with Crippen LogP contribution in [0.25, 0.3) is 0 Å². The van der Waals surface area contributed by atoms with E-state index < -0.39 is 35.7 Å². The summed E-state index contributed by atoms with van der Waals surface area (Å²) in [7, 11) is 3.22. The van der Waals surface area contributed by atoms with E-state index in [-0.39, 0.29) is 49.6 Å². The van der Waals surface area contributed by atoms with Crippen molar-refractivity contribution < 1.29 is 29.7 Å². The highest BCUT2D eigenvalue weighted by Crippen LogP contribution is 2.35. The van der Waals surface area contributed by atoms with Gasteiger partial charge in [0.1, 0.15) is 6.10 Å². The zero-order valence-corrected chi connectivity index (χ0v) is 30.0. The van der Waals surface area contributed by atoms with Crippen molar-refractivity contribution in [2.45, 2.75) is 140 Å². The maximum absolute atomic E-state index is 14.9. The molecule has 0 aliphatic heterocycles. The molecule has 4 atom stereocenters. The van der Waals surface area contributed by atoms with Gasteiger partial charge in [0, 0.05) is 38.9 Å². The molecule has 0 saturated heterocycles. The molecule has 0 aromatic carbocycles. The minimum Gasteiger partial charge on any atom is -0.390 e. The van der Waals surface area contributed by atoms with Crippen LogP contribution in [0.5, 0.6) is 0 Å². The van der Waals surface area contributed by atoms with Crippen molar-refractivity contribution in [3.63, 3.8) is 0 Å². The monoisotopic (exact) mass is 679 g/mol. The highest BCUT2D eigenvalue weighted by atomic mass is 32.1. The fourth-order valence-corrected chi connectivity index (χ4v) is 7.85. The summed E-state index contributed by atoms with van der Waals surface area (Å²) in [5.74, 6) is -1.56. The van der Waals surface area contributed by atoms with Crippen molar-refractivity contribution in [1.29, 1.82) is 0 Å². The number of aromatic nitrogens is 1. The Labute approximate surface area is 285 Å². The average Bonchev–Trinajstić information content (AvgIpc) is 3.43. The summed E-state index contributed by atoms with van der Waals surface area (Å²) >= 11 is 1.26. The van der Waals surface area contributed by atoms with Crippen molar-refractivity contribution in [3.05, 3.63) is 11.1 Å². The number of carbonyl (C=O) groups excluding carboxylic acids is 3. The van der Waals surface area contributed by atoms with Crippen molar-refractivity contribution in [3.8, 4) is 0 Å². The Morgan fingerprint density at radius 1 is 1.04 bits per heavy atom. The number of amides is 3. The van der Waals surface area contributed by atoms with Gasteiger partial charge in [0.25, 0.3) is 0 Å². The lowest BCUT2D eigenvalue weighted by Crippen LogP contribution is -2.58. The number of carbonyl (C=O) groups is 3. The lowest BCUT2D eigenvalue weighted by molar-refractivity contribution is -0.152. The molecule has 2 fully saturated rings. The molecular weight excluding hydrogens is 618 g/mol. The molecule has 2 saturated carbocycles. The number of nitrogens with one attached hydrogen (secondary N) is 1. The molecule has 2 aliphatic carbocycles. The molecule has 0 unspecified atom stereocenters. The molecule has 6 N–H and O–H groups in total. The van der Waals surface area contributed by atoms with Crippen LogP contribution in [0.2, 0.25) is 0 Å². The topological polar surface area (TPSA) is 169 Å². The van der Waals surface area contributed by atoms with Crippen LogP contribution >= 0.6 is 11.3 Å². The van der Waals surface area contributed by atoms with Gasteiger partial charge in [-0.3, -0.25) is 14.4 Å². The van der Waals surface area contributed by atoms with Gasteiger partial charge in [-0.25, -0.2) is 4.98 Å². The van der Waals surface area contributed by atoms with Crippen LogP contribution in [-0.4, -0.2) is 98.9 Å². The fraction of sp³-hybridized carbons (Fsp3) is 0.829. The smallest absolute Gasteiger partial charge is 0.241 e. The minimum absolute atomic E-state index is 0.0190. The SMILES string of the molecule is CC(C)C[C@H](O)[C@H](O)[C@H](CC1CCCCC1)N(CC1(O)CCCCCCC1)C(=O)[C@@H](CC(=O)NCC(=O)N(C)C)Cc1csc(N)n1. The molecular formula is C35H61N5O6S. The molecule has 268 valence electrons. The van der Waals surface area contributed by atoms with Gasteiger partial charge in [-0.05, 0) is 37.5 Å². The van der Waals surface area contributed by atoms with Crippen LogP contribution in [0.15, 0.2) is 5.38 Å². The number of hydrogen-bond donors (Lipinski definition) is 5. The Balaban J connectivity index is 2.03. The number of aliphatic hydroxyl groups is 3. The summed E-state index contributed by atoms with van der Waals surface area (Å²) < 4.78 is 0. The summed E-state index contributed by atoms with van der Waals surface area (Å²) in [5, 5.41) is 40.0. The second kappa shape index (κ2) is 19.0. The highest BCUT2D eigenvalue weighted by molar-refractivity contribution is 7.13. The first kappa shape index (κ1) is 39.2. The zero-order chi connectivity index (χ0) is 34.6. The molecule has 0 radical (unpaired) electrons. The van der Waals surface area contributed by atoms with Gasteiger partial charge in [-0.1, -0.05) is 78.1 Å². The normalized spacial score (nSPS) is 20.0. The zero-order valence-electron chi connectivity index (χ0n) is 29.2. The standard InChI is InChI=1S/C35H61N5O6S/c1-24(2)17-29(41)32(44)28(18-25-13-9-8-10-14-25)40(23-35(46)15-11-6-5-7-12-16-35)33(45)26(19-27-22-47-34(36)38-27)20-30(42)37-21-31(43)39(3)4/h22,24-26,28-29,32,41,44,46H,5-21,23H2,1-4H3,(H2,36,38)(H,37,42)/t26-,28+,29+,32-/m1/s1. The van der Waals surface area contributed by atoms with E-state index in [9.17, 15) is 29.7 Å². The first-order valence-corrected chi connectivity index (χ1v) is 18.7. The van der Waals surface area contributed by atoms with E-state index in [1.807, 2.05) is 13.8 Å². The van der Waals surface area contributed by atoms with Crippen molar-refractivity contribution in [2.24, 2.45) is 17.8 Å². The predicted octanol–water partition coefficient (Wildman–Crippen LogP) is 3.89. The largest absolute Gasteiger partial charge is 0.390 e. The molecule has 47 heavy (non-hydrogen) atoms. The third-order valence-corrected chi connectivity index (χ3v) is 10.7. The number of nitrogen functional groups attached to an aromatic ring is 1. The van der Waals surface area contributed by atoms with Crippen LogP contribution in [0.4, 0.5) is 5.13 Å². The van der Waals surface area contributed by atoms with Gasteiger partial charge in [0.2, 0.25) is 17.7 Å². The Kier molecular flexibility index (Phi) is 15.9. The number of thiazole rings is 1. The molecule has 1 aromatic rings. The summed E-state index contributed by atoms with van der Waals surface area (Å²) in [4.78, 5) is 47.8. The molecule has 3 rings (SSSR count). The molecule has 3 amide bonds. The van der Waals surface area contributed by atoms with E-state index in [4.69, 9.17) is 5.73 Å². The highest BCUT2D eigenvalue weighted by Gasteiger charge is 2.42. The van der Waals surface area contributed by atoms with Crippen molar-refractivity contribution in [1.82, 2.24) is 20.1 Å². The first-order valence-electron chi connectivity index (χ1n) is 17.8. The number of aliphatic hydroxyl groups excluding tert-OH is 2. The first-order chi connectivity index (χ1) is 22.3. The molecule has 0 bridgehead atoms. The second-order valence-corrected chi connectivity index (χ2v) is 15.7. The molecule has 2 aliphatic rings. The second-order valence-electron chi connectivity index (χ2n) is 14.8. The number of hydrogen-bond acceptors (Lipinski definition) is 9. The third-order valence-electron chi connectivity index (χ3n) is 9.97. The van der Waals surface area contributed by atoms with Crippen LogP contribution in [0.1, 0.15) is 116 Å². The summed E-state index contributed by atoms with van der Waals surface area (Å²) in [6, 6.07) is -0.741. The Hall–Kier alpha value is -2.28. The average molecular weight is 680 g/mol. The van der Waals surface area contributed by atoms with E-state index in [0.717, 1.165) is 64.2 Å². The lowest BCUT2D eigenvalue weighted by atomic mass is 9.80. The molecule has 1 heterocycles. The Morgan fingerprint density at radius 2 is 1.66 bits per heavy atom. The third kappa shape index (κ3) is 12.9. The molecule has 0 spiro atoms. The van der Waals surface area contributed by atoms with Gasteiger partial charge in [0.05, 0.1) is 35.9 Å². The van der Waals surface area contributed by atoms with Gasteiger partial charge in [-0.15, -0.1) is 11.3 Å². The Bertz CT molecular complexity index is 1120. The van der Waals surface area contributed by atoms with E-state index in [1.165, 1.54) is 16.2 Å². The molecule has 1 aromatic heterocycles. The summed E-state index contributed by atoms with van der Waals surface area (Å²) in [6.45, 7) is 3.80. The molecule has 11 nitrogen and oxygen atoms in total. The number of nitrogens with zero attached hydrogens (tertiary/aromatic N) is 3. The van der Waals surface area contributed by atoms with Gasteiger partial charge in [-0.2, -0.15) is 0 Å². The van der Waals surface area contributed by atoms with E-state index in [1.54, 1.807) is 24.4 Å². The fourth-order valence-electron chi connectivity index (χ4n) is 7.27. The number of anilines is 1. The van der Waals surface area contributed by atoms with E-state index >= 15 is 0 Å². The summed E-state index contributed by atoms with van der Waals surface area (Å²) in [5.41, 5.74) is 5.36. The minimum atomic E-state index is -1.22. The number of likely N-dealkylation sites (N-methyl/N-ethyl adjacent to an activating group) is 1. The Morgan fingerprint density at radius 3 is 2.23 bits per heavy atom. The number of rotatable bonds is 16. The summed E-state index contributed by atoms with van der Waals surface area (Å²) in [6.07, 6.45) is 9.75. The lowest BCUT2D eigenvalue weighted by Gasteiger charge is -2.44. The van der Waals surface area contributed by atoms with Gasteiger partial charge < -0.3 is 36.2 Å². The van der Waals surface area contributed by atoms with Crippen molar-refractivity contribution >= 4 is 34.2 Å². The van der Waals surface area contributed by atoms with Crippen molar-refractivity contribution in [2.75, 3.05) is 32.9 Å². The van der Waals surface area contributed by atoms with Crippen LogP contribution in [0, 0.1) is 17.8 Å². The van der Waals surface area contributed by atoms with Gasteiger partial charge >= 0.3 is 0 Å². The maximum atomic E-state index is 14.9. The van der Waals surface area contributed by atoms with E-state index in [0.29, 0.717) is 36.5 Å².